The number of nitrogens with zero attached hydrogens (tertiary/aromatic N) is 1. The highest BCUT2D eigenvalue weighted by Gasteiger charge is 2.17. The summed E-state index contributed by atoms with van der Waals surface area (Å²) in [6.45, 7) is 5.15. The van der Waals surface area contributed by atoms with Gasteiger partial charge in [0.1, 0.15) is 0 Å². The van der Waals surface area contributed by atoms with E-state index < -0.39 is 11.6 Å². The molecule has 0 aliphatic heterocycles. The van der Waals surface area contributed by atoms with E-state index in [0.29, 0.717) is 5.69 Å². The van der Waals surface area contributed by atoms with Gasteiger partial charge in [-0.2, -0.15) is 0 Å². The largest absolute Gasteiger partial charge is 0.371 e. The summed E-state index contributed by atoms with van der Waals surface area (Å²) in [4.78, 5) is 13.1. The second kappa shape index (κ2) is 4.60. The average Bonchev–Trinajstić information content (AvgIpc) is 2.19. The first-order chi connectivity index (χ1) is 7.34. The van der Waals surface area contributed by atoms with Crippen LogP contribution in [0.1, 0.15) is 31.1 Å². The zero-order valence-electron chi connectivity index (χ0n) is 9.84. The van der Waals surface area contributed by atoms with Gasteiger partial charge in [0.15, 0.2) is 17.4 Å². The zero-order chi connectivity index (χ0) is 12.5. The Morgan fingerprint density at radius 2 is 1.75 bits per heavy atom. The van der Waals surface area contributed by atoms with Crippen LogP contribution in [0.2, 0.25) is 0 Å². The van der Waals surface area contributed by atoms with Crippen LogP contribution in [0.15, 0.2) is 12.1 Å². The first kappa shape index (κ1) is 12.6. The molecule has 0 amide bonds. The Morgan fingerprint density at radius 3 is 2.19 bits per heavy atom. The molecule has 0 N–H and O–H groups in total. The standard InChI is InChI=1S/C12H15F2NO/c1-7(2)15(4)12-6-11(14)10(13)5-9(12)8(3)16/h5-7H,1-4H3. The number of halogens is 2. The Kier molecular flexibility index (Phi) is 3.62. The van der Waals surface area contributed by atoms with Crippen molar-refractivity contribution >= 4 is 11.5 Å². The molecule has 1 aromatic rings. The molecule has 0 aliphatic rings. The number of anilines is 1. The Morgan fingerprint density at radius 1 is 1.25 bits per heavy atom. The van der Waals surface area contributed by atoms with Gasteiger partial charge in [-0.25, -0.2) is 8.78 Å². The predicted molar refractivity (Wildman–Crippen MR) is 59.9 cm³/mol. The lowest BCUT2D eigenvalue weighted by atomic mass is 10.1. The van der Waals surface area contributed by atoms with Crippen LogP contribution < -0.4 is 4.90 Å². The molecule has 0 atom stereocenters. The molecule has 2 nitrogen and oxygen atoms in total. The molecule has 0 saturated heterocycles. The Balaban J connectivity index is 3.36. The minimum atomic E-state index is -0.994. The fraction of sp³-hybridized carbons (Fsp3) is 0.417. The molecule has 4 heteroatoms. The molecular formula is C12H15F2NO. The number of hydrogen-bond donors (Lipinski definition) is 0. The predicted octanol–water partition coefficient (Wildman–Crippen LogP) is 3.01. The Labute approximate surface area is 93.9 Å². The van der Waals surface area contributed by atoms with Crippen LogP contribution in [0.3, 0.4) is 0 Å². The molecule has 16 heavy (non-hydrogen) atoms. The van der Waals surface area contributed by atoms with Gasteiger partial charge >= 0.3 is 0 Å². The molecular weight excluding hydrogens is 212 g/mol. The topological polar surface area (TPSA) is 20.3 Å². The van der Waals surface area contributed by atoms with E-state index in [1.807, 2.05) is 13.8 Å². The Hall–Kier alpha value is -1.45. The first-order valence-electron chi connectivity index (χ1n) is 5.07. The molecule has 0 unspecified atom stereocenters. The quantitative estimate of drug-likeness (QED) is 0.740. The molecule has 0 fully saturated rings. The smallest absolute Gasteiger partial charge is 0.161 e. The minimum absolute atomic E-state index is 0.1000. The van der Waals surface area contributed by atoms with Crippen molar-refractivity contribution in [3.63, 3.8) is 0 Å². The van der Waals surface area contributed by atoms with Crippen molar-refractivity contribution < 1.29 is 13.6 Å². The summed E-state index contributed by atoms with van der Waals surface area (Å²) in [6, 6.07) is 2.11. The second-order valence-electron chi connectivity index (χ2n) is 4.04. The number of Topliss-reactive ketones (excluding diaryl/α,β-unsaturated/α-hetero) is 1. The van der Waals surface area contributed by atoms with Crippen molar-refractivity contribution in [3.8, 4) is 0 Å². The molecule has 0 heterocycles. The molecule has 0 aliphatic carbocycles. The zero-order valence-corrected chi connectivity index (χ0v) is 9.84. The Bertz CT molecular complexity index is 416. The number of ketones is 1. The van der Waals surface area contributed by atoms with Crippen LogP contribution in [0.4, 0.5) is 14.5 Å². The molecule has 0 saturated carbocycles. The SMILES string of the molecule is CC(=O)c1cc(F)c(F)cc1N(C)C(C)C. The number of hydrogen-bond acceptors (Lipinski definition) is 2. The lowest BCUT2D eigenvalue weighted by Crippen LogP contribution is -2.27. The molecule has 88 valence electrons. The summed E-state index contributed by atoms with van der Waals surface area (Å²) in [6.07, 6.45) is 0. The van der Waals surface area contributed by atoms with Crippen LogP contribution in [0.25, 0.3) is 0 Å². The number of carbonyl (C=O) groups excluding carboxylic acids is 1. The molecule has 0 spiro atoms. The maximum atomic E-state index is 13.1. The van der Waals surface area contributed by atoms with E-state index >= 15 is 0 Å². The van der Waals surface area contributed by atoms with E-state index in [1.54, 1.807) is 11.9 Å². The van der Waals surface area contributed by atoms with Crippen molar-refractivity contribution in [2.45, 2.75) is 26.8 Å². The molecule has 0 radical (unpaired) electrons. The summed E-state index contributed by atoms with van der Waals surface area (Å²) < 4.78 is 26.2. The molecule has 1 rings (SSSR count). The lowest BCUT2D eigenvalue weighted by Gasteiger charge is -2.25. The summed E-state index contributed by atoms with van der Waals surface area (Å²) in [5, 5.41) is 0. The van der Waals surface area contributed by atoms with Crippen LogP contribution in [0.5, 0.6) is 0 Å². The van der Waals surface area contributed by atoms with Gasteiger partial charge in [-0.1, -0.05) is 0 Å². The van der Waals surface area contributed by atoms with E-state index in [9.17, 15) is 13.6 Å². The normalized spacial score (nSPS) is 10.7. The van der Waals surface area contributed by atoms with Gasteiger partial charge in [0.05, 0.1) is 5.69 Å². The third-order valence-corrected chi connectivity index (χ3v) is 2.57. The number of benzene rings is 1. The third-order valence-electron chi connectivity index (χ3n) is 2.57. The van der Waals surface area contributed by atoms with Crippen molar-refractivity contribution in [2.24, 2.45) is 0 Å². The van der Waals surface area contributed by atoms with Crippen molar-refractivity contribution in [3.05, 3.63) is 29.3 Å². The lowest BCUT2D eigenvalue weighted by molar-refractivity contribution is 0.101. The van der Waals surface area contributed by atoms with Crippen molar-refractivity contribution in [1.82, 2.24) is 0 Å². The highest BCUT2D eigenvalue weighted by Crippen LogP contribution is 2.25. The van der Waals surface area contributed by atoms with Gasteiger partial charge in [-0.15, -0.1) is 0 Å². The van der Waals surface area contributed by atoms with Crippen LogP contribution in [-0.2, 0) is 0 Å². The fourth-order valence-corrected chi connectivity index (χ4v) is 1.39. The van der Waals surface area contributed by atoms with Gasteiger partial charge in [-0.05, 0) is 26.8 Å². The number of carbonyl (C=O) groups is 1. The van der Waals surface area contributed by atoms with E-state index in [4.69, 9.17) is 0 Å². The van der Waals surface area contributed by atoms with Crippen molar-refractivity contribution in [1.29, 1.82) is 0 Å². The van der Waals surface area contributed by atoms with E-state index in [-0.39, 0.29) is 17.4 Å². The highest BCUT2D eigenvalue weighted by molar-refractivity contribution is 5.99. The first-order valence-corrected chi connectivity index (χ1v) is 5.07. The van der Waals surface area contributed by atoms with Crippen LogP contribution in [0, 0.1) is 11.6 Å². The summed E-state index contributed by atoms with van der Waals surface area (Å²) >= 11 is 0. The highest BCUT2D eigenvalue weighted by atomic mass is 19.2. The van der Waals surface area contributed by atoms with E-state index in [0.717, 1.165) is 12.1 Å². The van der Waals surface area contributed by atoms with Crippen LogP contribution in [-0.4, -0.2) is 18.9 Å². The average molecular weight is 227 g/mol. The van der Waals surface area contributed by atoms with E-state index in [2.05, 4.69) is 0 Å². The monoisotopic (exact) mass is 227 g/mol. The van der Waals surface area contributed by atoms with Gasteiger partial charge in [-0.3, -0.25) is 4.79 Å². The maximum Gasteiger partial charge on any atom is 0.161 e. The van der Waals surface area contributed by atoms with Gasteiger partial charge in [0.2, 0.25) is 0 Å². The van der Waals surface area contributed by atoms with Gasteiger partial charge in [0, 0.05) is 24.7 Å². The fourth-order valence-electron chi connectivity index (χ4n) is 1.39. The molecule has 0 aromatic heterocycles. The molecule has 0 bridgehead atoms. The summed E-state index contributed by atoms with van der Waals surface area (Å²) in [5.41, 5.74) is 0.622. The summed E-state index contributed by atoms with van der Waals surface area (Å²) in [5.74, 6) is -2.21. The van der Waals surface area contributed by atoms with E-state index in [1.165, 1.54) is 6.92 Å². The van der Waals surface area contributed by atoms with Crippen LogP contribution >= 0.6 is 0 Å². The van der Waals surface area contributed by atoms with Gasteiger partial charge < -0.3 is 4.90 Å². The maximum absolute atomic E-state index is 13.1. The van der Waals surface area contributed by atoms with Crippen molar-refractivity contribution in [2.75, 3.05) is 11.9 Å². The second-order valence-corrected chi connectivity index (χ2v) is 4.04. The number of rotatable bonds is 3. The summed E-state index contributed by atoms with van der Waals surface area (Å²) in [7, 11) is 1.74. The minimum Gasteiger partial charge on any atom is -0.371 e. The molecule has 1 aromatic carbocycles. The van der Waals surface area contributed by atoms with Gasteiger partial charge in [0.25, 0.3) is 0 Å². The third kappa shape index (κ3) is 2.38.